The molecule has 0 aliphatic carbocycles. The summed E-state index contributed by atoms with van der Waals surface area (Å²) in [6, 6.07) is 5.84. The number of Topliss-reactive ketones (excluding diaryl/α,β-unsaturated/α-hetero) is 1. The predicted octanol–water partition coefficient (Wildman–Crippen LogP) is 1.85. The third kappa shape index (κ3) is 3.15. The number of nitrogens with zero attached hydrogens (tertiary/aromatic N) is 2. The van der Waals surface area contributed by atoms with Crippen LogP contribution in [0.1, 0.15) is 23.1 Å². The first-order chi connectivity index (χ1) is 8.88. The van der Waals surface area contributed by atoms with Crippen LogP contribution in [0.4, 0.5) is 5.13 Å². The number of hydrogen-bond donors (Lipinski definition) is 1. The van der Waals surface area contributed by atoms with Crippen LogP contribution in [0, 0.1) is 6.92 Å². The Kier molecular flexibility index (Phi) is 3.63. The van der Waals surface area contributed by atoms with Crippen molar-refractivity contribution in [2.75, 3.05) is 4.72 Å². The van der Waals surface area contributed by atoms with E-state index in [1.807, 2.05) is 0 Å². The van der Waals surface area contributed by atoms with Crippen molar-refractivity contribution < 1.29 is 13.2 Å². The summed E-state index contributed by atoms with van der Waals surface area (Å²) < 4.78 is 30.4. The molecule has 0 spiro atoms. The zero-order valence-electron chi connectivity index (χ0n) is 10.2. The molecule has 2 rings (SSSR count). The van der Waals surface area contributed by atoms with Crippen molar-refractivity contribution in [1.29, 1.82) is 0 Å². The van der Waals surface area contributed by atoms with Crippen molar-refractivity contribution in [2.45, 2.75) is 18.7 Å². The number of carbonyl (C=O) groups excluding carboxylic acids is 1. The molecule has 0 aliphatic rings. The van der Waals surface area contributed by atoms with Crippen LogP contribution in [-0.4, -0.2) is 23.6 Å². The van der Waals surface area contributed by atoms with Gasteiger partial charge in [0.25, 0.3) is 10.0 Å². The van der Waals surface area contributed by atoms with E-state index in [1.54, 1.807) is 13.0 Å². The van der Waals surface area contributed by atoms with E-state index in [1.165, 1.54) is 25.1 Å². The Hall–Kier alpha value is -1.80. The molecule has 6 nitrogen and oxygen atoms in total. The number of rotatable bonds is 4. The number of carbonyl (C=O) groups is 1. The lowest BCUT2D eigenvalue weighted by Gasteiger charge is -2.05. The molecule has 1 heterocycles. The summed E-state index contributed by atoms with van der Waals surface area (Å²) in [7, 11) is -3.75. The lowest BCUT2D eigenvalue weighted by atomic mass is 10.2. The van der Waals surface area contributed by atoms with Crippen LogP contribution < -0.4 is 4.72 Å². The van der Waals surface area contributed by atoms with Crippen LogP contribution >= 0.6 is 11.5 Å². The first-order valence-electron chi connectivity index (χ1n) is 5.32. The summed E-state index contributed by atoms with van der Waals surface area (Å²) in [6.07, 6.45) is 0. The van der Waals surface area contributed by atoms with Crippen molar-refractivity contribution >= 4 is 32.5 Å². The normalized spacial score (nSPS) is 11.3. The number of ketones is 1. The molecule has 8 heteroatoms. The van der Waals surface area contributed by atoms with Crippen molar-refractivity contribution in [2.24, 2.45) is 0 Å². The fourth-order valence-electron chi connectivity index (χ4n) is 1.39. The van der Waals surface area contributed by atoms with Gasteiger partial charge >= 0.3 is 0 Å². The fourth-order valence-corrected chi connectivity index (χ4v) is 3.24. The molecule has 2 aromatic rings. The van der Waals surface area contributed by atoms with Gasteiger partial charge in [0.2, 0.25) is 5.13 Å². The second-order valence-corrected chi connectivity index (χ2v) is 6.27. The smallest absolute Gasteiger partial charge is 0.263 e. The molecule has 1 aromatic carbocycles. The standard InChI is InChI=1S/C11H11N3O3S2/c1-7(15)9-4-3-5-10(6-9)19(16,17)14-11-12-8(2)13-18-11/h3-6H,1-2H3,(H,12,13,14). The minimum absolute atomic E-state index is 0.0213. The first kappa shape index (κ1) is 13.6. The largest absolute Gasteiger partial charge is 0.295 e. The van der Waals surface area contributed by atoms with E-state index < -0.39 is 10.0 Å². The quantitative estimate of drug-likeness (QED) is 0.870. The van der Waals surface area contributed by atoms with Crippen LogP contribution in [0.3, 0.4) is 0 Å². The van der Waals surface area contributed by atoms with E-state index in [0.29, 0.717) is 11.4 Å². The highest BCUT2D eigenvalue weighted by molar-refractivity contribution is 7.93. The molecule has 1 aromatic heterocycles. The van der Waals surface area contributed by atoms with Gasteiger partial charge in [-0.25, -0.2) is 13.4 Å². The molecule has 0 unspecified atom stereocenters. The first-order valence-corrected chi connectivity index (χ1v) is 7.58. The molecule has 0 saturated heterocycles. The van der Waals surface area contributed by atoms with E-state index >= 15 is 0 Å². The van der Waals surface area contributed by atoms with E-state index in [2.05, 4.69) is 14.1 Å². The Morgan fingerprint density at radius 3 is 2.68 bits per heavy atom. The number of sulfonamides is 1. The number of benzene rings is 1. The van der Waals surface area contributed by atoms with Crippen LogP contribution in [0.15, 0.2) is 29.2 Å². The van der Waals surface area contributed by atoms with E-state index in [4.69, 9.17) is 0 Å². The molecule has 100 valence electrons. The van der Waals surface area contributed by atoms with Crippen LogP contribution in [-0.2, 0) is 10.0 Å². The maximum atomic E-state index is 12.1. The molecule has 0 atom stereocenters. The van der Waals surface area contributed by atoms with Crippen molar-refractivity contribution in [1.82, 2.24) is 9.36 Å². The average molecular weight is 297 g/mol. The summed E-state index contributed by atoms with van der Waals surface area (Å²) in [5, 5.41) is 0.200. The fraction of sp³-hybridized carbons (Fsp3) is 0.182. The van der Waals surface area contributed by atoms with Gasteiger partial charge in [-0.15, -0.1) is 0 Å². The Labute approximate surface area is 114 Å². The maximum absolute atomic E-state index is 12.1. The van der Waals surface area contributed by atoms with E-state index in [9.17, 15) is 13.2 Å². The maximum Gasteiger partial charge on any atom is 0.263 e. The number of nitrogens with one attached hydrogen (secondary N) is 1. The molecular formula is C11H11N3O3S2. The Balaban J connectivity index is 2.34. The number of aromatic nitrogens is 2. The number of hydrogen-bond acceptors (Lipinski definition) is 6. The Morgan fingerprint density at radius 1 is 1.37 bits per heavy atom. The highest BCUT2D eigenvalue weighted by Crippen LogP contribution is 2.18. The van der Waals surface area contributed by atoms with Gasteiger partial charge in [-0.2, -0.15) is 4.37 Å². The molecule has 1 N–H and O–H groups in total. The van der Waals surface area contributed by atoms with Gasteiger partial charge in [0.05, 0.1) is 4.90 Å². The van der Waals surface area contributed by atoms with Gasteiger partial charge in [-0.1, -0.05) is 12.1 Å². The Morgan fingerprint density at radius 2 is 2.11 bits per heavy atom. The molecule has 0 saturated carbocycles. The van der Waals surface area contributed by atoms with Crippen molar-refractivity contribution in [3.8, 4) is 0 Å². The van der Waals surface area contributed by atoms with E-state index in [0.717, 1.165) is 11.5 Å². The SMILES string of the molecule is CC(=O)c1cccc(S(=O)(=O)Nc2nc(C)ns2)c1. The van der Waals surface area contributed by atoms with Crippen LogP contribution in [0.5, 0.6) is 0 Å². The third-order valence-corrected chi connectivity index (χ3v) is 4.49. The van der Waals surface area contributed by atoms with Gasteiger partial charge in [-0.3, -0.25) is 9.52 Å². The molecule has 0 radical (unpaired) electrons. The molecular weight excluding hydrogens is 286 g/mol. The van der Waals surface area contributed by atoms with Gasteiger partial charge in [0, 0.05) is 17.1 Å². The molecule has 0 amide bonds. The number of aryl methyl sites for hydroxylation is 1. The lowest BCUT2D eigenvalue weighted by molar-refractivity contribution is 0.101. The summed E-state index contributed by atoms with van der Waals surface area (Å²) >= 11 is 0.963. The van der Waals surface area contributed by atoms with Crippen molar-refractivity contribution in [3.63, 3.8) is 0 Å². The minimum atomic E-state index is -3.75. The van der Waals surface area contributed by atoms with Crippen LogP contribution in [0.25, 0.3) is 0 Å². The zero-order valence-corrected chi connectivity index (χ0v) is 11.9. The highest BCUT2D eigenvalue weighted by Gasteiger charge is 2.17. The summed E-state index contributed by atoms with van der Waals surface area (Å²) in [5.74, 6) is 0.309. The summed E-state index contributed by atoms with van der Waals surface area (Å²) in [6.45, 7) is 3.05. The minimum Gasteiger partial charge on any atom is -0.295 e. The molecule has 0 aliphatic heterocycles. The Bertz CT molecular complexity index is 722. The average Bonchev–Trinajstić information content (AvgIpc) is 2.74. The second-order valence-electron chi connectivity index (χ2n) is 3.84. The number of anilines is 1. The van der Waals surface area contributed by atoms with Gasteiger partial charge in [0.1, 0.15) is 5.82 Å². The topological polar surface area (TPSA) is 89.0 Å². The van der Waals surface area contributed by atoms with Gasteiger partial charge < -0.3 is 0 Å². The third-order valence-electron chi connectivity index (χ3n) is 2.30. The van der Waals surface area contributed by atoms with E-state index in [-0.39, 0.29) is 15.8 Å². The summed E-state index contributed by atoms with van der Waals surface area (Å²) in [4.78, 5) is 15.2. The summed E-state index contributed by atoms with van der Waals surface area (Å²) in [5.41, 5.74) is 0.344. The van der Waals surface area contributed by atoms with Crippen molar-refractivity contribution in [3.05, 3.63) is 35.7 Å². The predicted molar refractivity (Wildman–Crippen MR) is 71.9 cm³/mol. The van der Waals surface area contributed by atoms with Gasteiger partial charge in [0.15, 0.2) is 5.78 Å². The lowest BCUT2D eigenvalue weighted by Crippen LogP contribution is -2.13. The molecule has 0 fully saturated rings. The van der Waals surface area contributed by atoms with Crippen LogP contribution in [0.2, 0.25) is 0 Å². The molecule has 19 heavy (non-hydrogen) atoms. The van der Waals surface area contributed by atoms with Gasteiger partial charge in [-0.05, 0) is 26.0 Å². The molecule has 0 bridgehead atoms. The second kappa shape index (κ2) is 5.06. The monoisotopic (exact) mass is 297 g/mol. The highest BCUT2D eigenvalue weighted by atomic mass is 32.2. The zero-order chi connectivity index (χ0) is 14.0.